The highest BCUT2D eigenvalue weighted by Crippen LogP contribution is 2.23. The molecule has 0 atom stereocenters. The monoisotopic (exact) mass is 203 g/mol. The van der Waals surface area contributed by atoms with Gasteiger partial charge in [-0.05, 0) is 19.1 Å². The maximum absolute atomic E-state index is 8.31. The fraction of sp³-hybridized carbons (Fsp3) is 0.308. The van der Waals surface area contributed by atoms with E-state index in [1.165, 1.54) is 0 Å². The van der Waals surface area contributed by atoms with Gasteiger partial charge < -0.3 is 4.74 Å². The van der Waals surface area contributed by atoms with E-state index in [0.29, 0.717) is 5.76 Å². The molecule has 80 valence electrons. The van der Waals surface area contributed by atoms with Crippen LogP contribution in [0.5, 0.6) is 0 Å². The van der Waals surface area contributed by atoms with E-state index in [9.17, 15) is 0 Å². The molecule has 0 saturated heterocycles. The third-order valence-corrected chi connectivity index (χ3v) is 1.58. The van der Waals surface area contributed by atoms with E-state index in [2.05, 4.69) is 26.5 Å². The number of allylic oxidation sites excluding steroid dienone is 6. The van der Waals surface area contributed by atoms with E-state index in [4.69, 9.17) is 10.00 Å². The third kappa shape index (κ3) is 6.34. The summed E-state index contributed by atoms with van der Waals surface area (Å²) in [6.07, 6.45) is 13.0. The molecule has 0 bridgehead atoms. The minimum absolute atomic E-state index is 0.0459. The van der Waals surface area contributed by atoms with Gasteiger partial charge in [0.25, 0.3) is 6.26 Å². The molecule has 0 radical (unpaired) electrons. The Balaban J connectivity index is 0.000000583. The summed E-state index contributed by atoms with van der Waals surface area (Å²) in [5.74, 6) is 0.604. The van der Waals surface area contributed by atoms with Crippen LogP contribution < -0.4 is 0 Å². The molecule has 0 saturated carbocycles. The highest BCUT2D eigenvalue weighted by molar-refractivity contribution is 5.27. The Kier molecular flexibility index (Phi) is 5.89. The van der Waals surface area contributed by atoms with Gasteiger partial charge in [0.2, 0.25) is 0 Å². The molecule has 0 aromatic rings. The van der Waals surface area contributed by atoms with Crippen LogP contribution in [0.3, 0.4) is 0 Å². The lowest BCUT2D eigenvalue weighted by molar-refractivity contribution is 0.383. The van der Waals surface area contributed by atoms with E-state index in [-0.39, 0.29) is 5.41 Å². The zero-order chi connectivity index (χ0) is 11.7. The molecule has 0 heterocycles. The van der Waals surface area contributed by atoms with Crippen LogP contribution in [0.4, 0.5) is 0 Å². The van der Waals surface area contributed by atoms with E-state index >= 15 is 0 Å². The van der Waals surface area contributed by atoms with E-state index in [1.807, 2.05) is 25.2 Å². The Morgan fingerprint density at radius 2 is 2.07 bits per heavy atom. The molecule has 0 aromatic heterocycles. The van der Waals surface area contributed by atoms with Crippen molar-refractivity contribution in [1.82, 2.24) is 0 Å². The molecule has 0 aromatic carbocycles. The first-order chi connectivity index (χ1) is 7.05. The standard InChI is InChI=1S/C10H11NO.C3H6/c1-10(2)6-4-3-5-9(7-10)12-8-11;1-3-2/h3-7H,1-2H3;3H,1H2,2H3. The van der Waals surface area contributed by atoms with Gasteiger partial charge >= 0.3 is 0 Å². The second-order valence-electron chi connectivity index (χ2n) is 3.69. The van der Waals surface area contributed by atoms with Crippen LogP contribution in [0.15, 0.2) is 48.8 Å². The van der Waals surface area contributed by atoms with Crippen molar-refractivity contribution >= 4 is 0 Å². The Morgan fingerprint density at radius 3 is 2.60 bits per heavy atom. The van der Waals surface area contributed by atoms with E-state index in [0.717, 1.165) is 0 Å². The minimum atomic E-state index is -0.0459. The number of rotatable bonds is 1. The van der Waals surface area contributed by atoms with Crippen molar-refractivity contribution in [2.24, 2.45) is 5.41 Å². The first-order valence-electron chi connectivity index (χ1n) is 4.77. The maximum atomic E-state index is 8.31. The van der Waals surface area contributed by atoms with Crippen LogP contribution in [0.2, 0.25) is 0 Å². The lowest BCUT2D eigenvalue weighted by atomic mass is 9.93. The van der Waals surface area contributed by atoms with Crippen LogP contribution in [0.25, 0.3) is 0 Å². The van der Waals surface area contributed by atoms with Crippen molar-refractivity contribution in [2.75, 3.05) is 0 Å². The molecular formula is C13H17NO. The lowest BCUT2D eigenvalue weighted by Gasteiger charge is -2.13. The van der Waals surface area contributed by atoms with E-state index < -0.39 is 0 Å². The van der Waals surface area contributed by atoms with Gasteiger partial charge in [-0.1, -0.05) is 38.2 Å². The summed E-state index contributed by atoms with van der Waals surface area (Å²) in [5.41, 5.74) is -0.0459. The Bertz CT molecular complexity index is 327. The minimum Gasteiger partial charge on any atom is -0.388 e. The topological polar surface area (TPSA) is 33.0 Å². The van der Waals surface area contributed by atoms with Crippen molar-refractivity contribution in [3.05, 3.63) is 48.8 Å². The van der Waals surface area contributed by atoms with Gasteiger partial charge in [-0.2, -0.15) is 0 Å². The Labute approximate surface area is 91.9 Å². The van der Waals surface area contributed by atoms with Gasteiger partial charge in [0.05, 0.1) is 0 Å². The fourth-order valence-corrected chi connectivity index (χ4v) is 1.03. The molecule has 0 fully saturated rings. The number of nitrogens with zero attached hydrogens (tertiary/aromatic N) is 1. The zero-order valence-corrected chi connectivity index (χ0v) is 9.53. The second-order valence-corrected chi connectivity index (χ2v) is 3.69. The zero-order valence-electron chi connectivity index (χ0n) is 9.53. The molecular weight excluding hydrogens is 186 g/mol. The number of hydrogen-bond acceptors (Lipinski definition) is 2. The van der Waals surface area contributed by atoms with Crippen LogP contribution in [0.1, 0.15) is 20.8 Å². The van der Waals surface area contributed by atoms with Gasteiger partial charge in [0.1, 0.15) is 5.76 Å². The number of hydrogen-bond donors (Lipinski definition) is 0. The number of ether oxygens (including phenoxy) is 1. The summed E-state index contributed by atoms with van der Waals surface area (Å²) in [7, 11) is 0. The van der Waals surface area contributed by atoms with Crippen molar-refractivity contribution in [2.45, 2.75) is 20.8 Å². The van der Waals surface area contributed by atoms with Gasteiger partial charge in [-0.3, -0.25) is 0 Å². The smallest absolute Gasteiger partial charge is 0.292 e. The average molecular weight is 203 g/mol. The van der Waals surface area contributed by atoms with Crippen molar-refractivity contribution in [3.8, 4) is 6.26 Å². The highest BCUT2D eigenvalue weighted by atomic mass is 16.5. The lowest BCUT2D eigenvalue weighted by Crippen LogP contribution is -2.02. The first-order valence-corrected chi connectivity index (χ1v) is 4.77. The van der Waals surface area contributed by atoms with E-state index in [1.54, 1.807) is 18.4 Å². The molecule has 0 amide bonds. The van der Waals surface area contributed by atoms with Gasteiger partial charge in [0, 0.05) is 5.41 Å². The second kappa shape index (κ2) is 6.67. The van der Waals surface area contributed by atoms with Gasteiger partial charge in [0.15, 0.2) is 0 Å². The number of nitriles is 1. The molecule has 1 aliphatic carbocycles. The summed E-state index contributed by atoms with van der Waals surface area (Å²) in [6.45, 7) is 9.36. The molecule has 0 N–H and O–H groups in total. The van der Waals surface area contributed by atoms with Crippen molar-refractivity contribution < 1.29 is 4.74 Å². The molecule has 2 heteroatoms. The molecule has 1 rings (SSSR count). The SMILES string of the molecule is C=CC.CC1(C)C=CC=CC(OC#N)=C1. The maximum Gasteiger partial charge on any atom is 0.292 e. The molecule has 0 spiro atoms. The highest BCUT2D eigenvalue weighted by Gasteiger charge is 2.12. The Hall–Kier alpha value is -1.75. The summed E-state index contributed by atoms with van der Waals surface area (Å²) in [4.78, 5) is 0. The molecule has 15 heavy (non-hydrogen) atoms. The molecule has 2 nitrogen and oxygen atoms in total. The molecule has 1 aliphatic rings. The third-order valence-electron chi connectivity index (χ3n) is 1.58. The van der Waals surface area contributed by atoms with Crippen LogP contribution in [-0.4, -0.2) is 0 Å². The van der Waals surface area contributed by atoms with Crippen molar-refractivity contribution in [3.63, 3.8) is 0 Å². The molecule has 0 unspecified atom stereocenters. The predicted molar refractivity (Wildman–Crippen MR) is 62.7 cm³/mol. The molecule has 0 aliphatic heterocycles. The summed E-state index contributed by atoms with van der Waals surface area (Å²) < 4.78 is 4.74. The first kappa shape index (κ1) is 13.2. The van der Waals surface area contributed by atoms with Crippen molar-refractivity contribution in [1.29, 1.82) is 5.26 Å². The van der Waals surface area contributed by atoms with Gasteiger partial charge in [-0.15, -0.1) is 11.8 Å². The van der Waals surface area contributed by atoms with Crippen LogP contribution >= 0.6 is 0 Å². The predicted octanol–water partition coefficient (Wildman–Crippen LogP) is 3.71. The summed E-state index contributed by atoms with van der Waals surface area (Å²) in [5, 5.41) is 8.31. The summed E-state index contributed by atoms with van der Waals surface area (Å²) in [6, 6.07) is 0. The van der Waals surface area contributed by atoms with Crippen LogP contribution in [0, 0.1) is 16.9 Å². The average Bonchev–Trinajstić information content (AvgIpc) is 2.28. The summed E-state index contributed by atoms with van der Waals surface area (Å²) >= 11 is 0. The largest absolute Gasteiger partial charge is 0.388 e. The van der Waals surface area contributed by atoms with Crippen LogP contribution in [-0.2, 0) is 4.74 Å². The van der Waals surface area contributed by atoms with Gasteiger partial charge in [-0.25, -0.2) is 0 Å². The quantitative estimate of drug-likeness (QED) is 0.480. The normalized spacial score (nSPS) is 16.3. The fourth-order valence-electron chi connectivity index (χ4n) is 1.03. The Morgan fingerprint density at radius 1 is 1.47 bits per heavy atom.